The minimum atomic E-state index is 0.643. The van der Waals surface area contributed by atoms with Crippen molar-refractivity contribution in [1.29, 1.82) is 0 Å². The Morgan fingerprint density at radius 1 is 1.50 bits per heavy atom. The van der Waals surface area contributed by atoms with Gasteiger partial charge in [-0.2, -0.15) is 0 Å². The van der Waals surface area contributed by atoms with Crippen LogP contribution in [-0.4, -0.2) is 4.98 Å². The van der Waals surface area contributed by atoms with E-state index in [4.69, 9.17) is 5.73 Å². The summed E-state index contributed by atoms with van der Waals surface area (Å²) in [5, 5.41) is 1.31. The zero-order valence-corrected chi connectivity index (χ0v) is 7.94. The van der Waals surface area contributed by atoms with Crippen molar-refractivity contribution in [2.24, 2.45) is 5.73 Å². The second kappa shape index (κ2) is 3.54. The molecule has 0 atom stereocenters. The highest BCUT2D eigenvalue weighted by atomic mass is 32.1. The molecule has 1 fully saturated rings. The molecule has 0 amide bonds. The number of rotatable bonds is 2. The summed E-state index contributed by atoms with van der Waals surface area (Å²) >= 11 is 1.79. The van der Waals surface area contributed by atoms with E-state index < -0.39 is 0 Å². The molecule has 0 aromatic carbocycles. The zero-order chi connectivity index (χ0) is 8.39. The summed E-state index contributed by atoms with van der Waals surface area (Å²) in [5.74, 6) is 0.746. The van der Waals surface area contributed by atoms with Crippen molar-refractivity contribution in [3.8, 4) is 0 Å². The van der Waals surface area contributed by atoms with Crippen molar-refractivity contribution >= 4 is 11.3 Å². The Labute approximate surface area is 76.8 Å². The summed E-state index contributed by atoms with van der Waals surface area (Å²) in [6.07, 6.45) is 7.35. The molecule has 1 aromatic heterocycles. The normalized spacial score (nSPS) is 18.8. The molecule has 0 radical (unpaired) electrons. The van der Waals surface area contributed by atoms with E-state index in [9.17, 15) is 0 Å². The van der Waals surface area contributed by atoms with E-state index >= 15 is 0 Å². The summed E-state index contributed by atoms with van der Waals surface area (Å²) in [4.78, 5) is 5.63. The predicted molar refractivity (Wildman–Crippen MR) is 51.2 cm³/mol. The molecular weight excluding hydrogens is 168 g/mol. The Morgan fingerprint density at radius 2 is 2.25 bits per heavy atom. The molecule has 1 aliphatic carbocycles. The van der Waals surface area contributed by atoms with E-state index in [1.165, 1.54) is 35.6 Å². The maximum atomic E-state index is 5.53. The standard InChI is InChI=1S/C9H14N2S/c10-5-8-6-11-9(12-8)7-3-1-2-4-7/h6-7H,1-5,10H2. The number of hydrogen-bond donors (Lipinski definition) is 1. The Hall–Kier alpha value is -0.410. The number of nitrogens with zero attached hydrogens (tertiary/aromatic N) is 1. The third kappa shape index (κ3) is 1.52. The van der Waals surface area contributed by atoms with Crippen LogP contribution in [-0.2, 0) is 6.54 Å². The lowest BCUT2D eigenvalue weighted by molar-refractivity contribution is 0.716. The van der Waals surface area contributed by atoms with Crippen molar-refractivity contribution in [3.05, 3.63) is 16.1 Å². The molecule has 0 bridgehead atoms. The SMILES string of the molecule is NCc1cnc(C2CCCC2)s1. The van der Waals surface area contributed by atoms with Gasteiger partial charge in [0.15, 0.2) is 0 Å². The fourth-order valence-corrected chi connectivity index (χ4v) is 2.74. The van der Waals surface area contributed by atoms with E-state index in [0.717, 1.165) is 5.92 Å². The molecule has 0 unspecified atom stereocenters. The van der Waals surface area contributed by atoms with Crippen LogP contribution in [0.1, 0.15) is 41.5 Å². The largest absolute Gasteiger partial charge is 0.326 e. The second-order valence-electron chi connectivity index (χ2n) is 3.35. The van der Waals surface area contributed by atoms with Crippen molar-refractivity contribution < 1.29 is 0 Å². The molecule has 12 heavy (non-hydrogen) atoms. The van der Waals surface area contributed by atoms with Crippen molar-refractivity contribution in [3.63, 3.8) is 0 Å². The van der Waals surface area contributed by atoms with Crippen molar-refractivity contribution in [1.82, 2.24) is 4.98 Å². The van der Waals surface area contributed by atoms with Crippen LogP contribution < -0.4 is 5.73 Å². The van der Waals surface area contributed by atoms with Crippen LogP contribution in [0.3, 0.4) is 0 Å². The lowest BCUT2D eigenvalue weighted by atomic mass is 10.1. The first kappa shape index (κ1) is 8.20. The fraction of sp³-hybridized carbons (Fsp3) is 0.667. The number of aromatic nitrogens is 1. The molecule has 0 aliphatic heterocycles. The second-order valence-corrected chi connectivity index (χ2v) is 4.50. The summed E-state index contributed by atoms with van der Waals surface area (Å²) in [5.41, 5.74) is 5.53. The van der Waals surface area contributed by atoms with Gasteiger partial charge in [-0.3, -0.25) is 0 Å². The van der Waals surface area contributed by atoms with E-state index in [1.807, 2.05) is 6.20 Å². The van der Waals surface area contributed by atoms with Crippen LogP contribution in [0, 0.1) is 0 Å². The highest BCUT2D eigenvalue weighted by Crippen LogP contribution is 2.35. The molecule has 1 saturated carbocycles. The Kier molecular flexibility index (Phi) is 2.42. The maximum Gasteiger partial charge on any atom is 0.0959 e. The monoisotopic (exact) mass is 182 g/mol. The predicted octanol–water partition coefficient (Wildman–Crippen LogP) is 2.26. The van der Waals surface area contributed by atoms with Gasteiger partial charge in [0.25, 0.3) is 0 Å². The lowest BCUT2D eigenvalue weighted by Crippen LogP contribution is -1.91. The Morgan fingerprint density at radius 3 is 2.83 bits per heavy atom. The third-order valence-electron chi connectivity index (χ3n) is 2.48. The van der Waals surface area contributed by atoms with Gasteiger partial charge in [0.1, 0.15) is 0 Å². The van der Waals surface area contributed by atoms with Crippen molar-refractivity contribution in [2.45, 2.75) is 38.1 Å². The molecule has 2 N–H and O–H groups in total. The van der Waals surface area contributed by atoms with Gasteiger partial charge in [0.2, 0.25) is 0 Å². The highest BCUT2D eigenvalue weighted by Gasteiger charge is 2.19. The average Bonchev–Trinajstić information content (AvgIpc) is 2.75. The molecule has 66 valence electrons. The first-order valence-corrected chi connectivity index (χ1v) is 5.36. The van der Waals surface area contributed by atoms with Gasteiger partial charge in [0.05, 0.1) is 5.01 Å². The van der Waals surface area contributed by atoms with Crippen LogP contribution in [0.25, 0.3) is 0 Å². The Bertz CT molecular complexity index is 251. The van der Waals surface area contributed by atoms with Gasteiger partial charge in [-0.1, -0.05) is 12.8 Å². The van der Waals surface area contributed by atoms with Crippen LogP contribution in [0.15, 0.2) is 6.20 Å². The van der Waals surface area contributed by atoms with Crippen LogP contribution in [0.5, 0.6) is 0 Å². The topological polar surface area (TPSA) is 38.9 Å². The van der Waals surface area contributed by atoms with E-state index in [0.29, 0.717) is 6.54 Å². The number of thiazole rings is 1. The first-order valence-electron chi connectivity index (χ1n) is 4.55. The average molecular weight is 182 g/mol. The van der Waals surface area contributed by atoms with E-state index in [1.54, 1.807) is 11.3 Å². The molecule has 3 heteroatoms. The molecule has 1 aliphatic rings. The van der Waals surface area contributed by atoms with Gasteiger partial charge in [-0.05, 0) is 12.8 Å². The quantitative estimate of drug-likeness (QED) is 0.762. The van der Waals surface area contributed by atoms with Gasteiger partial charge in [-0.15, -0.1) is 11.3 Å². The third-order valence-corrected chi connectivity index (χ3v) is 3.66. The number of hydrogen-bond acceptors (Lipinski definition) is 3. The van der Waals surface area contributed by atoms with E-state index in [-0.39, 0.29) is 0 Å². The van der Waals surface area contributed by atoms with Crippen molar-refractivity contribution in [2.75, 3.05) is 0 Å². The fourth-order valence-electron chi connectivity index (χ4n) is 1.78. The Balaban J connectivity index is 2.11. The molecule has 2 nitrogen and oxygen atoms in total. The van der Waals surface area contributed by atoms with Gasteiger partial charge in [-0.25, -0.2) is 4.98 Å². The lowest BCUT2D eigenvalue weighted by Gasteiger charge is -2.01. The molecule has 2 rings (SSSR count). The van der Waals surface area contributed by atoms with Gasteiger partial charge < -0.3 is 5.73 Å². The minimum absolute atomic E-state index is 0.643. The minimum Gasteiger partial charge on any atom is -0.326 e. The summed E-state index contributed by atoms with van der Waals surface area (Å²) < 4.78 is 0. The van der Waals surface area contributed by atoms with Crippen LogP contribution in [0.2, 0.25) is 0 Å². The molecule has 0 spiro atoms. The van der Waals surface area contributed by atoms with Crippen LogP contribution >= 0.6 is 11.3 Å². The first-order chi connectivity index (χ1) is 5.90. The summed E-state index contributed by atoms with van der Waals surface area (Å²) in [7, 11) is 0. The maximum absolute atomic E-state index is 5.53. The van der Waals surface area contributed by atoms with E-state index in [2.05, 4.69) is 4.98 Å². The number of nitrogens with two attached hydrogens (primary N) is 1. The molecule has 1 aromatic rings. The highest BCUT2D eigenvalue weighted by molar-refractivity contribution is 7.11. The zero-order valence-electron chi connectivity index (χ0n) is 7.12. The smallest absolute Gasteiger partial charge is 0.0959 e. The van der Waals surface area contributed by atoms with Gasteiger partial charge in [0, 0.05) is 23.5 Å². The molecule has 0 saturated heterocycles. The van der Waals surface area contributed by atoms with Crippen LogP contribution in [0.4, 0.5) is 0 Å². The summed E-state index contributed by atoms with van der Waals surface area (Å²) in [6.45, 7) is 0.643. The van der Waals surface area contributed by atoms with Gasteiger partial charge >= 0.3 is 0 Å². The molecular formula is C9H14N2S. The molecule has 1 heterocycles. The summed E-state index contributed by atoms with van der Waals surface area (Å²) in [6, 6.07) is 0.